The molecule has 1 atom stereocenters. The summed E-state index contributed by atoms with van der Waals surface area (Å²) in [6, 6.07) is 0. The zero-order valence-electron chi connectivity index (χ0n) is 9.87. The number of nitrogens with two attached hydrogens (primary N) is 1. The van der Waals surface area contributed by atoms with E-state index < -0.39 is 0 Å². The SMILES string of the molecule is CC1(CN)CCN(CC2CCOCC2)C1. The number of rotatable bonds is 3. The molecule has 2 saturated heterocycles. The van der Waals surface area contributed by atoms with Gasteiger partial charge in [0.1, 0.15) is 0 Å². The highest BCUT2D eigenvalue weighted by atomic mass is 16.5. The van der Waals surface area contributed by atoms with Crippen LogP contribution in [0.3, 0.4) is 0 Å². The van der Waals surface area contributed by atoms with Crippen molar-refractivity contribution in [1.29, 1.82) is 0 Å². The minimum absolute atomic E-state index is 0.380. The first kappa shape index (κ1) is 11.4. The average Bonchev–Trinajstić information content (AvgIpc) is 2.63. The van der Waals surface area contributed by atoms with Crippen molar-refractivity contribution in [2.45, 2.75) is 26.2 Å². The highest BCUT2D eigenvalue weighted by molar-refractivity contribution is 4.87. The maximum atomic E-state index is 5.82. The van der Waals surface area contributed by atoms with Gasteiger partial charge in [0.2, 0.25) is 0 Å². The van der Waals surface area contributed by atoms with E-state index in [2.05, 4.69) is 11.8 Å². The molecule has 88 valence electrons. The highest BCUT2D eigenvalue weighted by Gasteiger charge is 2.33. The van der Waals surface area contributed by atoms with Crippen LogP contribution in [-0.2, 0) is 4.74 Å². The Morgan fingerprint density at radius 3 is 2.73 bits per heavy atom. The summed E-state index contributed by atoms with van der Waals surface area (Å²) in [5.41, 5.74) is 6.20. The third kappa shape index (κ3) is 2.92. The van der Waals surface area contributed by atoms with E-state index in [4.69, 9.17) is 10.5 Å². The first-order valence-corrected chi connectivity index (χ1v) is 6.22. The minimum atomic E-state index is 0.380. The molecule has 0 amide bonds. The molecule has 2 rings (SSSR count). The molecule has 0 radical (unpaired) electrons. The van der Waals surface area contributed by atoms with Crippen LogP contribution in [0.15, 0.2) is 0 Å². The summed E-state index contributed by atoms with van der Waals surface area (Å²) < 4.78 is 5.39. The van der Waals surface area contributed by atoms with E-state index >= 15 is 0 Å². The van der Waals surface area contributed by atoms with E-state index in [-0.39, 0.29) is 0 Å². The first-order chi connectivity index (χ1) is 7.22. The van der Waals surface area contributed by atoms with Crippen molar-refractivity contribution < 1.29 is 4.74 Å². The monoisotopic (exact) mass is 212 g/mol. The second kappa shape index (κ2) is 4.81. The molecule has 0 bridgehead atoms. The van der Waals surface area contributed by atoms with Crippen molar-refractivity contribution in [3.63, 3.8) is 0 Å². The molecular weight excluding hydrogens is 188 g/mol. The van der Waals surface area contributed by atoms with Gasteiger partial charge in [-0.15, -0.1) is 0 Å². The zero-order valence-corrected chi connectivity index (χ0v) is 9.87. The second-order valence-corrected chi connectivity index (χ2v) is 5.56. The van der Waals surface area contributed by atoms with E-state index in [1.807, 2.05) is 0 Å². The van der Waals surface area contributed by atoms with Crippen LogP contribution < -0.4 is 5.73 Å². The number of hydrogen-bond acceptors (Lipinski definition) is 3. The second-order valence-electron chi connectivity index (χ2n) is 5.56. The van der Waals surface area contributed by atoms with E-state index in [0.717, 1.165) is 25.7 Å². The summed E-state index contributed by atoms with van der Waals surface area (Å²) >= 11 is 0. The summed E-state index contributed by atoms with van der Waals surface area (Å²) in [6.45, 7) is 8.78. The molecule has 2 heterocycles. The predicted molar refractivity (Wildman–Crippen MR) is 61.8 cm³/mol. The minimum Gasteiger partial charge on any atom is -0.381 e. The van der Waals surface area contributed by atoms with Gasteiger partial charge in [-0.2, -0.15) is 0 Å². The van der Waals surface area contributed by atoms with Crippen LogP contribution in [0.2, 0.25) is 0 Å². The molecule has 1 unspecified atom stereocenters. The number of nitrogens with zero attached hydrogens (tertiary/aromatic N) is 1. The van der Waals surface area contributed by atoms with Crippen molar-refractivity contribution in [2.24, 2.45) is 17.1 Å². The Hall–Kier alpha value is -0.120. The fourth-order valence-electron chi connectivity index (χ4n) is 2.74. The van der Waals surface area contributed by atoms with E-state index in [9.17, 15) is 0 Å². The summed E-state index contributed by atoms with van der Waals surface area (Å²) in [4.78, 5) is 2.60. The molecule has 3 nitrogen and oxygen atoms in total. The van der Waals surface area contributed by atoms with Crippen LogP contribution in [0, 0.1) is 11.3 Å². The maximum absolute atomic E-state index is 5.82. The molecule has 0 saturated carbocycles. The molecule has 0 aromatic rings. The molecule has 2 aliphatic rings. The lowest BCUT2D eigenvalue weighted by atomic mass is 9.90. The standard InChI is InChI=1S/C12H24N2O/c1-12(9-13)4-5-14(10-12)8-11-2-6-15-7-3-11/h11H,2-10,13H2,1H3. The quantitative estimate of drug-likeness (QED) is 0.761. The molecule has 0 aromatic carbocycles. The molecule has 2 N–H and O–H groups in total. The molecule has 2 fully saturated rings. The van der Waals surface area contributed by atoms with Crippen LogP contribution in [0.25, 0.3) is 0 Å². The maximum Gasteiger partial charge on any atom is 0.0469 e. The van der Waals surface area contributed by atoms with Crippen molar-refractivity contribution in [3.8, 4) is 0 Å². The Morgan fingerprint density at radius 1 is 1.40 bits per heavy atom. The third-order valence-corrected chi connectivity index (χ3v) is 3.99. The predicted octanol–water partition coefficient (Wildman–Crippen LogP) is 1.08. The summed E-state index contributed by atoms with van der Waals surface area (Å²) in [5, 5.41) is 0. The van der Waals surface area contributed by atoms with Gasteiger partial charge in [0.15, 0.2) is 0 Å². The van der Waals surface area contributed by atoms with Gasteiger partial charge in [-0.05, 0) is 43.7 Å². The molecule has 2 aliphatic heterocycles. The smallest absolute Gasteiger partial charge is 0.0469 e. The van der Waals surface area contributed by atoms with E-state index in [1.165, 1.54) is 38.9 Å². The first-order valence-electron chi connectivity index (χ1n) is 6.22. The topological polar surface area (TPSA) is 38.5 Å². The lowest BCUT2D eigenvalue weighted by molar-refractivity contribution is 0.0543. The Labute approximate surface area is 93.0 Å². The lowest BCUT2D eigenvalue weighted by Gasteiger charge is -2.28. The lowest BCUT2D eigenvalue weighted by Crippen LogP contribution is -2.35. The molecule has 15 heavy (non-hydrogen) atoms. The van der Waals surface area contributed by atoms with Gasteiger partial charge in [0.05, 0.1) is 0 Å². The van der Waals surface area contributed by atoms with Gasteiger partial charge < -0.3 is 15.4 Å². The van der Waals surface area contributed by atoms with Crippen molar-refractivity contribution >= 4 is 0 Å². The van der Waals surface area contributed by atoms with E-state index in [1.54, 1.807) is 0 Å². The van der Waals surface area contributed by atoms with Gasteiger partial charge in [0.25, 0.3) is 0 Å². The number of ether oxygens (including phenoxy) is 1. The molecule has 0 aliphatic carbocycles. The van der Waals surface area contributed by atoms with Crippen molar-refractivity contribution in [2.75, 3.05) is 39.4 Å². The van der Waals surface area contributed by atoms with Gasteiger partial charge in [-0.1, -0.05) is 6.92 Å². The zero-order chi connectivity index (χ0) is 10.7. The Bertz CT molecular complexity index is 204. The molecular formula is C12H24N2O. The number of hydrogen-bond donors (Lipinski definition) is 1. The Morgan fingerprint density at radius 2 is 2.13 bits per heavy atom. The third-order valence-electron chi connectivity index (χ3n) is 3.99. The van der Waals surface area contributed by atoms with Gasteiger partial charge in [-0.3, -0.25) is 0 Å². The van der Waals surface area contributed by atoms with Crippen molar-refractivity contribution in [3.05, 3.63) is 0 Å². The Balaban J connectivity index is 1.76. The fraction of sp³-hybridized carbons (Fsp3) is 1.00. The van der Waals surface area contributed by atoms with Crippen LogP contribution in [0.5, 0.6) is 0 Å². The average molecular weight is 212 g/mol. The van der Waals surface area contributed by atoms with Crippen LogP contribution in [0.1, 0.15) is 26.2 Å². The molecule has 3 heteroatoms. The fourth-order valence-corrected chi connectivity index (χ4v) is 2.74. The molecule has 0 aromatic heterocycles. The largest absolute Gasteiger partial charge is 0.381 e. The number of likely N-dealkylation sites (tertiary alicyclic amines) is 1. The summed E-state index contributed by atoms with van der Waals surface area (Å²) in [7, 11) is 0. The van der Waals surface area contributed by atoms with Crippen LogP contribution >= 0.6 is 0 Å². The highest BCUT2D eigenvalue weighted by Crippen LogP contribution is 2.30. The molecule has 0 spiro atoms. The summed E-state index contributed by atoms with van der Waals surface area (Å²) in [6.07, 6.45) is 3.76. The van der Waals surface area contributed by atoms with Gasteiger partial charge in [-0.25, -0.2) is 0 Å². The van der Waals surface area contributed by atoms with Gasteiger partial charge >= 0.3 is 0 Å². The normalized spacial score (nSPS) is 34.8. The van der Waals surface area contributed by atoms with E-state index in [0.29, 0.717) is 5.41 Å². The Kier molecular flexibility index (Phi) is 3.65. The van der Waals surface area contributed by atoms with Crippen LogP contribution in [-0.4, -0.2) is 44.3 Å². The van der Waals surface area contributed by atoms with Gasteiger partial charge in [0, 0.05) is 26.3 Å². The summed E-state index contributed by atoms with van der Waals surface area (Å²) in [5.74, 6) is 0.860. The van der Waals surface area contributed by atoms with Crippen molar-refractivity contribution in [1.82, 2.24) is 4.90 Å². The van der Waals surface area contributed by atoms with Crippen LogP contribution in [0.4, 0.5) is 0 Å².